The average Bonchev–Trinajstić information content (AvgIpc) is 2.15. The predicted molar refractivity (Wildman–Crippen MR) is 64.1 cm³/mol. The van der Waals surface area contributed by atoms with Gasteiger partial charge in [-0.15, -0.1) is 0 Å². The number of methoxy groups -OCH3 is 1. The van der Waals surface area contributed by atoms with Crippen molar-refractivity contribution in [2.24, 2.45) is 0 Å². The highest BCUT2D eigenvalue weighted by atomic mass is 32.3. The van der Waals surface area contributed by atoms with Crippen LogP contribution in [0.1, 0.15) is 25.3 Å². The van der Waals surface area contributed by atoms with Gasteiger partial charge < -0.3 is 4.74 Å². The molecular weight excluding hydrogens is 212 g/mol. The summed E-state index contributed by atoms with van der Waals surface area (Å²) in [5, 5.41) is 0. The van der Waals surface area contributed by atoms with Crippen molar-refractivity contribution in [3.05, 3.63) is 23.8 Å². The minimum Gasteiger partial charge on any atom is -0.496 e. The first-order chi connectivity index (χ1) is 6.86. The van der Waals surface area contributed by atoms with Crippen LogP contribution in [0.4, 0.5) is 0 Å². The summed E-state index contributed by atoms with van der Waals surface area (Å²) in [4.78, 5) is 0.517. The molecular formula is C11H18O3S. The Morgan fingerprint density at radius 2 is 1.87 bits per heavy atom. The molecule has 0 amide bonds. The molecule has 15 heavy (non-hydrogen) atoms. The van der Waals surface area contributed by atoms with E-state index in [1.807, 2.05) is 6.07 Å². The largest absolute Gasteiger partial charge is 0.496 e. The van der Waals surface area contributed by atoms with E-state index in [2.05, 4.69) is 13.8 Å². The van der Waals surface area contributed by atoms with Gasteiger partial charge in [0, 0.05) is 12.3 Å². The molecule has 0 fully saturated rings. The lowest BCUT2D eigenvalue weighted by molar-refractivity contribution is 0.405. The van der Waals surface area contributed by atoms with Crippen LogP contribution >= 0.6 is 10.6 Å². The van der Waals surface area contributed by atoms with Crippen molar-refractivity contribution < 1.29 is 13.8 Å². The number of rotatable bonds is 3. The molecule has 0 unspecified atom stereocenters. The Hall–Kier alpha value is -0.710. The van der Waals surface area contributed by atoms with Gasteiger partial charge in [0.25, 0.3) is 0 Å². The fourth-order valence-corrected chi connectivity index (χ4v) is 2.07. The van der Waals surface area contributed by atoms with Crippen LogP contribution in [0.25, 0.3) is 0 Å². The third kappa shape index (κ3) is 2.87. The van der Waals surface area contributed by atoms with Crippen LogP contribution in [0, 0.1) is 0 Å². The van der Waals surface area contributed by atoms with Gasteiger partial charge in [0.2, 0.25) is 0 Å². The van der Waals surface area contributed by atoms with Crippen molar-refractivity contribution >= 4 is 10.6 Å². The first-order valence-electron chi connectivity index (χ1n) is 4.77. The molecule has 0 atom stereocenters. The molecule has 86 valence electrons. The quantitative estimate of drug-likeness (QED) is 0.834. The molecule has 0 aromatic heterocycles. The van der Waals surface area contributed by atoms with Gasteiger partial charge in [-0.05, 0) is 17.5 Å². The highest BCUT2D eigenvalue weighted by Crippen LogP contribution is 2.46. The van der Waals surface area contributed by atoms with E-state index >= 15 is 0 Å². The Kier molecular flexibility index (Phi) is 3.65. The summed E-state index contributed by atoms with van der Waals surface area (Å²) in [5.74, 6) is 1.07. The Labute approximate surface area is 92.4 Å². The lowest BCUT2D eigenvalue weighted by Gasteiger charge is -2.28. The third-order valence-corrected chi connectivity index (χ3v) is 3.42. The first-order valence-corrected chi connectivity index (χ1v) is 6.73. The molecule has 0 aliphatic heterocycles. The third-order valence-electron chi connectivity index (χ3n) is 2.27. The van der Waals surface area contributed by atoms with E-state index in [9.17, 15) is 9.11 Å². The number of ether oxygens (including phenoxy) is 1. The van der Waals surface area contributed by atoms with E-state index in [1.165, 1.54) is 6.26 Å². The van der Waals surface area contributed by atoms with Gasteiger partial charge in [0.05, 0.1) is 12.0 Å². The second kappa shape index (κ2) is 4.43. The Balaban J connectivity index is 3.19. The van der Waals surface area contributed by atoms with Crippen molar-refractivity contribution in [1.29, 1.82) is 0 Å². The highest BCUT2D eigenvalue weighted by Gasteiger charge is 2.13. The summed E-state index contributed by atoms with van der Waals surface area (Å²) in [5.41, 5.74) is 1.07. The summed E-state index contributed by atoms with van der Waals surface area (Å²) in [7, 11) is -1.07. The van der Waals surface area contributed by atoms with Crippen LogP contribution in [0.5, 0.6) is 5.75 Å². The van der Waals surface area contributed by atoms with Gasteiger partial charge in [-0.3, -0.25) is 9.11 Å². The number of hydrogen-bond donors (Lipinski definition) is 2. The maximum absolute atomic E-state index is 9.52. The molecule has 0 aliphatic carbocycles. The predicted octanol–water partition coefficient (Wildman–Crippen LogP) is 3.56. The number of benzene rings is 1. The van der Waals surface area contributed by atoms with Crippen molar-refractivity contribution in [1.82, 2.24) is 0 Å². The fraction of sp³-hybridized carbons (Fsp3) is 0.455. The number of hydrogen-bond acceptors (Lipinski definition) is 3. The van der Waals surface area contributed by atoms with Crippen molar-refractivity contribution in [2.75, 3.05) is 13.4 Å². The topological polar surface area (TPSA) is 49.7 Å². The van der Waals surface area contributed by atoms with Crippen molar-refractivity contribution in [3.63, 3.8) is 0 Å². The minimum absolute atomic E-state index is 0.354. The molecule has 0 heterocycles. The highest BCUT2D eigenvalue weighted by molar-refractivity contribution is 8.23. The van der Waals surface area contributed by atoms with Crippen LogP contribution < -0.4 is 4.74 Å². The zero-order valence-electron chi connectivity index (χ0n) is 9.52. The summed E-state index contributed by atoms with van der Waals surface area (Å²) < 4.78 is 24.3. The molecule has 4 heteroatoms. The van der Waals surface area contributed by atoms with E-state index in [4.69, 9.17) is 4.74 Å². The average molecular weight is 230 g/mol. The molecule has 0 radical (unpaired) electrons. The second-order valence-electron chi connectivity index (χ2n) is 3.89. The summed E-state index contributed by atoms with van der Waals surface area (Å²) in [6.45, 7) is 4.14. The molecule has 1 rings (SSSR count). The molecule has 0 aliphatic rings. The Morgan fingerprint density at radius 1 is 1.27 bits per heavy atom. The van der Waals surface area contributed by atoms with Gasteiger partial charge in [-0.25, -0.2) is 0 Å². The summed E-state index contributed by atoms with van der Waals surface area (Å²) in [6, 6.07) is 5.33. The van der Waals surface area contributed by atoms with Crippen LogP contribution in [0.2, 0.25) is 0 Å². The zero-order chi connectivity index (χ0) is 11.6. The van der Waals surface area contributed by atoms with E-state index in [1.54, 1.807) is 19.2 Å². The minimum atomic E-state index is -2.66. The molecule has 1 aromatic carbocycles. The molecule has 0 spiro atoms. The Morgan fingerprint density at radius 3 is 2.27 bits per heavy atom. The van der Waals surface area contributed by atoms with E-state index in [0.29, 0.717) is 16.6 Å². The van der Waals surface area contributed by atoms with Crippen LogP contribution in [0.3, 0.4) is 0 Å². The monoisotopic (exact) mass is 230 g/mol. The molecule has 0 saturated heterocycles. The van der Waals surface area contributed by atoms with E-state index in [-0.39, 0.29) is 0 Å². The fourth-order valence-electron chi connectivity index (χ4n) is 1.41. The molecule has 2 N–H and O–H groups in total. The molecule has 1 aromatic rings. The molecule has 3 nitrogen and oxygen atoms in total. The van der Waals surface area contributed by atoms with Gasteiger partial charge in [-0.2, -0.15) is 10.6 Å². The summed E-state index contributed by atoms with van der Waals surface area (Å²) in [6.07, 6.45) is 1.41. The first kappa shape index (κ1) is 12.4. The van der Waals surface area contributed by atoms with Gasteiger partial charge >= 0.3 is 0 Å². The zero-order valence-corrected chi connectivity index (χ0v) is 10.3. The van der Waals surface area contributed by atoms with E-state index < -0.39 is 10.6 Å². The Bertz CT molecular complexity index is 342. The second-order valence-corrected chi connectivity index (χ2v) is 6.03. The van der Waals surface area contributed by atoms with Crippen LogP contribution in [-0.4, -0.2) is 22.5 Å². The van der Waals surface area contributed by atoms with Gasteiger partial charge in [0.15, 0.2) is 0 Å². The molecule has 0 saturated carbocycles. The maximum Gasteiger partial charge on any atom is 0.124 e. The lowest BCUT2D eigenvalue weighted by Crippen LogP contribution is -1.99. The van der Waals surface area contributed by atoms with Gasteiger partial charge in [-0.1, -0.05) is 19.9 Å². The summed E-state index contributed by atoms with van der Waals surface area (Å²) >= 11 is 0. The smallest absolute Gasteiger partial charge is 0.124 e. The SMILES string of the molecule is COc1cc(S(C)(O)O)ccc1C(C)C. The van der Waals surface area contributed by atoms with Crippen molar-refractivity contribution in [3.8, 4) is 5.75 Å². The van der Waals surface area contributed by atoms with Crippen LogP contribution in [0.15, 0.2) is 23.1 Å². The lowest BCUT2D eigenvalue weighted by atomic mass is 10.0. The standard InChI is InChI=1S/C11H18O3S/c1-8(2)10-6-5-9(15(4,12)13)7-11(10)14-3/h5-8,12-13H,1-4H3. The molecule has 0 bridgehead atoms. The van der Waals surface area contributed by atoms with Gasteiger partial charge in [0.1, 0.15) is 5.75 Å². The van der Waals surface area contributed by atoms with Crippen LogP contribution in [-0.2, 0) is 0 Å². The maximum atomic E-state index is 9.52. The van der Waals surface area contributed by atoms with E-state index in [0.717, 1.165) is 5.56 Å². The van der Waals surface area contributed by atoms with Crippen molar-refractivity contribution in [2.45, 2.75) is 24.7 Å². The normalized spacial score (nSPS) is 13.0.